The molecule has 0 unspecified atom stereocenters. The van der Waals surface area contributed by atoms with Crippen LogP contribution in [0.15, 0.2) is 18.2 Å². The summed E-state index contributed by atoms with van der Waals surface area (Å²) in [6.45, 7) is 20.4. The third kappa shape index (κ3) is 3.75. The van der Waals surface area contributed by atoms with Crippen molar-refractivity contribution in [1.82, 2.24) is 0 Å². The molecule has 1 aromatic carbocycles. The van der Waals surface area contributed by atoms with Crippen LogP contribution in [0.4, 0.5) is 5.69 Å². The number of rotatable bonds is 3. The summed E-state index contributed by atoms with van der Waals surface area (Å²) in [5, 5.41) is 0. The highest BCUT2D eigenvalue weighted by molar-refractivity contribution is 5.54. The molecule has 1 rings (SSSR count). The Hall–Kier alpha value is -0.980. The molecule has 0 fully saturated rings. The maximum atomic E-state index is 2.42. The molecule has 0 heterocycles. The molecule has 0 aliphatic rings. The van der Waals surface area contributed by atoms with Gasteiger partial charge < -0.3 is 4.90 Å². The zero-order valence-corrected chi connectivity index (χ0v) is 14.1. The fourth-order valence-corrected chi connectivity index (χ4v) is 2.59. The van der Waals surface area contributed by atoms with E-state index in [4.69, 9.17) is 0 Å². The molecule has 0 aliphatic heterocycles. The second-order valence-electron chi connectivity index (χ2n) is 7.40. The lowest BCUT2D eigenvalue weighted by Crippen LogP contribution is -2.25. The number of anilines is 1. The molecule has 1 aromatic rings. The van der Waals surface area contributed by atoms with Gasteiger partial charge in [0.25, 0.3) is 0 Å². The average molecular weight is 261 g/mol. The van der Waals surface area contributed by atoms with Gasteiger partial charge in [0.15, 0.2) is 0 Å². The van der Waals surface area contributed by atoms with E-state index in [1.165, 1.54) is 16.8 Å². The van der Waals surface area contributed by atoms with Gasteiger partial charge in [-0.1, -0.05) is 47.6 Å². The van der Waals surface area contributed by atoms with Crippen LogP contribution in [0, 0.1) is 0 Å². The van der Waals surface area contributed by atoms with Crippen molar-refractivity contribution in [3.05, 3.63) is 29.3 Å². The highest BCUT2D eigenvalue weighted by atomic mass is 15.1. The predicted octanol–water partition coefficient (Wildman–Crippen LogP) is 5.13. The standard InChI is InChI=1S/C18H31N/c1-9-19(10-2)14-11-12-15(17(3,4)5)16(13-14)18(6,7)8/h11-13H,9-10H2,1-8H3. The van der Waals surface area contributed by atoms with Crippen molar-refractivity contribution in [2.45, 2.75) is 66.2 Å². The van der Waals surface area contributed by atoms with Crippen molar-refractivity contribution in [2.24, 2.45) is 0 Å². The third-order valence-electron chi connectivity index (χ3n) is 3.75. The normalized spacial score (nSPS) is 12.6. The van der Waals surface area contributed by atoms with Crippen molar-refractivity contribution in [3.8, 4) is 0 Å². The Morgan fingerprint density at radius 2 is 1.26 bits per heavy atom. The van der Waals surface area contributed by atoms with Crippen molar-refractivity contribution in [1.29, 1.82) is 0 Å². The molecule has 0 N–H and O–H groups in total. The Kier molecular flexibility index (Phi) is 4.71. The molecule has 0 radical (unpaired) electrons. The van der Waals surface area contributed by atoms with Crippen LogP contribution in [0.2, 0.25) is 0 Å². The third-order valence-corrected chi connectivity index (χ3v) is 3.75. The molecule has 0 spiro atoms. The van der Waals surface area contributed by atoms with E-state index in [2.05, 4.69) is 78.5 Å². The van der Waals surface area contributed by atoms with Crippen LogP contribution in [0.25, 0.3) is 0 Å². The minimum atomic E-state index is 0.186. The van der Waals surface area contributed by atoms with Crippen LogP contribution in [0.1, 0.15) is 66.5 Å². The lowest BCUT2D eigenvalue weighted by molar-refractivity contribution is 0.530. The SMILES string of the molecule is CCN(CC)c1ccc(C(C)(C)C)c(C(C)(C)C)c1. The van der Waals surface area contributed by atoms with Crippen LogP contribution in [0.5, 0.6) is 0 Å². The monoisotopic (exact) mass is 261 g/mol. The number of benzene rings is 1. The van der Waals surface area contributed by atoms with Gasteiger partial charge in [0, 0.05) is 18.8 Å². The largest absolute Gasteiger partial charge is 0.372 e. The van der Waals surface area contributed by atoms with Crippen LogP contribution in [-0.2, 0) is 10.8 Å². The zero-order chi connectivity index (χ0) is 14.8. The Morgan fingerprint density at radius 3 is 1.63 bits per heavy atom. The maximum absolute atomic E-state index is 2.42. The second-order valence-corrected chi connectivity index (χ2v) is 7.40. The van der Waals surface area contributed by atoms with Gasteiger partial charge in [-0.2, -0.15) is 0 Å². The smallest absolute Gasteiger partial charge is 0.0369 e. The molecule has 1 heteroatoms. The molecule has 19 heavy (non-hydrogen) atoms. The quantitative estimate of drug-likeness (QED) is 0.729. The van der Waals surface area contributed by atoms with Crippen molar-refractivity contribution < 1.29 is 0 Å². The summed E-state index contributed by atoms with van der Waals surface area (Å²) in [5.74, 6) is 0. The van der Waals surface area contributed by atoms with Crippen molar-refractivity contribution in [3.63, 3.8) is 0 Å². The summed E-state index contributed by atoms with van der Waals surface area (Å²) in [7, 11) is 0. The summed E-state index contributed by atoms with van der Waals surface area (Å²) in [4.78, 5) is 2.42. The maximum Gasteiger partial charge on any atom is 0.0369 e. The lowest BCUT2D eigenvalue weighted by Gasteiger charge is -2.32. The van der Waals surface area contributed by atoms with Gasteiger partial charge in [-0.15, -0.1) is 0 Å². The lowest BCUT2D eigenvalue weighted by atomic mass is 9.75. The summed E-state index contributed by atoms with van der Waals surface area (Å²) in [6.07, 6.45) is 0. The fraction of sp³-hybridized carbons (Fsp3) is 0.667. The number of nitrogens with zero attached hydrogens (tertiary/aromatic N) is 1. The summed E-state index contributed by atoms with van der Waals surface area (Å²) < 4.78 is 0. The minimum Gasteiger partial charge on any atom is -0.372 e. The van der Waals surface area contributed by atoms with E-state index in [0.29, 0.717) is 0 Å². The van der Waals surface area contributed by atoms with Gasteiger partial charge in [-0.3, -0.25) is 0 Å². The molecular weight excluding hydrogens is 230 g/mol. The molecule has 108 valence electrons. The fourth-order valence-electron chi connectivity index (χ4n) is 2.59. The van der Waals surface area contributed by atoms with Gasteiger partial charge in [-0.25, -0.2) is 0 Å². The van der Waals surface area contributed by atoms with E-state index >= 15 is 0 Å². The number of hydrogen-bond donors (Lipinski definition) is 0. The minimum absolute atomic E-state index is 0.186. The van der Waals surface area contributed by atoms with Gasteiger partial charge in [-0.05, 0) is 47.9 Å². The van der Waals surface area contributed by atoms with E-state index in [1.807, 2.05) is 0 Å². The molecule has 0 bridgehead atoms. The summed E-state index contributed by atoms with van der Waals surface area (Å²) in [6, 6.07) is 7.00. The van der Waals surface area contributed by atoms with E-state index in [1.54, 1.807) is 0 Å². The van der Waals surface area contributed by atoms with Gasteiger partial charge in [0.1, 0.15) is 0 Å². The zero-order valence-electron chi connectivity index (χ0n) is 14.1. The van der Waals surface area contributed by atoms with Crippen LogP contribution < -0.4 is 4.90 Å². The molecule has 0 aliphatic carbocycles. The van der Waals surface area contributed by atoms with Crippen LogP contribution >= 0.6 is 0 Å². The first kappa shape index (κ1) is 16.1. The van der Waals surface area contributed by atoms with E-state index in [-0.39, 0.29) is 10.8 Å². The Labute approximate surface area is 120 Å². The molecule has 0 aromatic heterocycles. The first-order valence-corrected chi connectivity index (χ1v) is 7.51. The Morgan fingerprint density at radius 1 is 0.789 bits per heavy atom. The average Bonchev–Trinajstić information content (AvgIpc) is 2.28. The first-order valence-electron chi connectivity index (χ1n) is 7.51. The van der Waals surface area contributed by atoms with Crippen molar-refractivity contribution >= 4 is 5.69 Å². The highest BCUT2D eigenvalue weighted by Gasteiger charge is 2.25. The molecule has 0 amide bonds. The molecule has 0 atom stereocenters. The van der Waals surface area contributed by atoms with Crippen molar-refractivity contribution in [2.75, 3.05) is 18.0 Å². The molecule has 0 saturated heterocycles. The summed E-state index contributed by atoms with van der Waals surface area (Å²) >= 11 is 0. The van der Waals surface area contributed by atoms with Gasteiger partial charge in [0.2, 0.25) is 0 Å². The number of hydrogen-bond acceptors (Lipinski definition) is 1. The predicted molar refractivity (Wildman–Crippen MR) is 87.4 cm³/mol. The summed E-state index contributed by atoms with van der Waals surface area (Å²) in [5.41, 5.74) is 4.68. The Bertz CT molecular complexity index is 414. The second kappa shape index (κ2) is 5.56. The first-order chi connectivity index (χ1) is 8.61. The van der Waals surface area contributed by atoms with Gasteiger partial charge in [0.05, 0.1) is 0 Å². The molecule has 1 nitrogen and oxygen atoms in total. The molecule has 0 saturated carbocycles. The van der Waals surface area contributed by atoms with E-state index < -0.39 is 0 Å². The molecular formula is C18H31N. The highest BCUT2D eigenvalue weighted by Crippen LogP contribution is 2.36. The Balaban J connectivity index is 3.40. The van der Waals surface area contributed by atoms with Crippen LogP contribution in [0.3, 0.4) is 0 Å². The van der Waals surface area contributed by atoms with Crippen LogP contribution in [-0.4, -0.2) is 13.1 Å². The van der Waals surface area contributed by atoms with E-state index in [9.17, 15) is 0 Å². The van der Waals surface area contributed by atoms with E-state index in [0.717, 1.165) is 13.1 Å². The van der Waals surface area contributed by atoms with Gasteiger partial charge >= 0.3 is 0 Å². The topological polar surface area (TPSA) is 3.24 Å².